The van der Waals surface area contributed by atoms with Crippen LogP contribution in [0.25, 0.3) is 11.0 Å². The van der Waals surface area contributed by atoms with Crippen molar-refractivity contribution in [2.24, 2.45) is 5.92 Å². The molecule has 2 heterocycles. The first kappa shape index (κ1) is 12.2. The fourth-order valence-corrected chi connectivity index (χ4v) is 2.29. The fraction of sp³-hybridized carbons (Fsp3) is 0.429. The van der Waals surface area contributed by atoms with Gasteiger partial charge in [-0.2, -0.15) is 0 Å². The summed E-state index contributed by atoms with van der Waals surface area (Å²) in [6.45, 7) is 4.26. The van der Waals surface area contributed by atoms with E-state index in [1.54, 1.807) is 0 Å². The summed E-state index contributed by atoms with van der Waals surface area (Å²) >= 11 is 0. The maximum atomic E-state index is 11.7. The van der Waals surface area contributed by atoms with Crippen molar-refractivity contribution in [3.8, 4) is 0 Å². The highest BCUT2D eigenvalue weighted by Gasteiger charge is 2.23. The molecule has 0 spiro atoms. The van der Waals surface area contributed by atoms with Gasteiger partial charge in [0.25, 0.3) is 0 Å². The molecule has 0 bridgehead atoms. The maximum Gasteiger partial charge on any atom is 0.225 e. The van der Waals surface area contributed by atoms with Gasteiger partial charge in [-0.25, -0.2) is 4.98 Å². The van der Waals surface area contributed by atoms with Gasteiger partial charge in [-0.3, -0.25) is 4.79 Å². The zero-order chi connectivity index (χ0) is 13.2. The number of nitrogens with one attached hydrogen (secondary N) is 3. The Kier molecular flexibility index (Phi) is 3.21. The quantitative estimate of drug-likeness (QED) is 0.758. The van der Waals surface area contributed by atoms with Crippen molar-refractivity contribution < 1.29 is 4.79 Å². The monoisotopic (exact) mass is 258 g/mol. The SMILES string of the molecule is Cc1nc2ccc(CCNC(=O)C3CNC3)cc2[nH]1. The van der Waals surface area contributed by atoms with Crippen LogP contribution >= 0.6 is 0 Å². The van der Waals surface area contributed by atoms with Crippen LogP contribution < -0.4 is 10.6 Å². The third-order valence-corrected chi connectivity index (χ3v) is 3.53. The normalized spacial score (nSPS) is 15.4. The van der Waals surface area contributed by atoms with Gasteiger partial charge in [0.1, 0.15) is 5.82 Å². The van der Waals surface area contributed by atoms with Gasteiger partial charge in [0, 0.05) is 19.6 Å². The van der Waals surface area contributed by atoms with Crippen LogP contribution in [-0.2, 0) is 11.2 Å². The van der Waals surface area contributed by atoms with Gasteiger partial charge in [-0.15, -0.1) is 0 Å². The number of H-pyrrole nitrogens is 1. The van der Waals surface area contributed by atoms with E-state index in [4.69, 9.17) is 0 Å². The number of hydrogen-bond donors (Lipinski definition) is 3. The second kappa shape index (κ2) is 5.01. The lowest BCUT2D eigenvalue weighted by Gasteiger charge is -2.25. The summed E-state index contributed by atoms with van der Waals surface area (Å²) in [6.07, 6.45) is 0.847. The Morgan fingerprint density at radius 1 is 1.47 bits per heavy atom. The summed E-state index contributed by atoms with van der Waals surface area (Å²) in [4.78, 5) is 19.3. The Hall–Kier alpha value is -1.88. The van der Waals surface area contributed by atoms with Crippen LogP contribution in [0, 0.1) is 12.8 Å². The Morgan fingerprint density at radius 3 is 3.05 bits per heavy atom. The minimum atomic E-state index is 0.164. The molecule has 1 aromatic heterocycles. The topological polar surface area (TPSA) is 69.8 Å². The molecular weight excluding hydrogens is 240 g/mol. The Morgan fingerprint density at radius 2 is 2.32 bits per heavy atom. The maximum absolute atomic E-state index is 11.7. The van der Waals surface area contributed by atoms with Gasteiger partial charge in [-0.1, -0.05) is 6.07 Å². The average molecular weight is 258 g/mol. The number of benzene rings is 1. The highest BCUT2D eigenvalue weighted by molar-refractivity contribution is 5.80. The van der Waals surface area contributed by atoms with Crippen molar-refractivity contribution in [3.63, 3.8) is 0 Å². The fourth-order valence-electron chi connectivity index (χ4n) is 2.29. The van der Waals surface area contributed by atoms with E-state index in [9.17, 15) is 4.79 Å². The molecule has 0 aliphatic carbocycles. The molecule has 3 rings (SSSR count). The second-order valence-corrected chi connectivity index (χ2v) is 5.07. The standard InChI is InChI=1S/C14H18N4O/c1-9-17-12-3-2-10(6-13(12)18-9)4-5-16-14(19)11-7-15-8-11/h2-3,6,11,15H,4-5,7-8H2,1H3,(H,16,19)(H,17,18). The minimum absolute atomic E-state index is 0.164. The molecule has 5 heteroatoms. The molecule has 1 aliphatic heterocycles. The predicted octanol–water partition coefficient (Wildman–Crippen LogP) is 0.749. The van der Waals surface area contributed by atoms with E-state index < -0.39 is 0 Å². The molecule has 3 N–H and O–H groups in total. The first-order valence-electron chi connectivity index (χ1n) is 6.66. The van der Waals surface area contributed by atoms with Crippen LogP contribution in [0.15, 0.2) is 18.2 Å². The number of carbonyl (C=O) groups is 1. The molecule has 5 nitrogen and oxygen atoms in total. The predicted molar refractivity (Wildman–Crippen MR) is 73.9 cm³/mol. The smallest absolute Gasteiger partial charge is 0.225 e. The van der Waals surface area contributed by atoms with Crippen molar-refractivity contribution in [3.05, 3.63) is 29.6 Å². The second-order valence-electron chi connectivity index (χ2n) is 5.07. The van der Waals surface area contributed by atoms with E-state index in [0.29, 0.717) is 6.54 Å². The molecule has 1 aliphatic rings. The lowest BCUT2D eigenvalue weighted by molar-refractivity contribution is -0.126. The largest absolute Gasteiger partial charge is 0.355 e. The lowest BCUT2D eigenvalue weighted by atomic mass is 10.0. The Balaban J connectivity index is 1.57. The first-order valence-corrected chi connectivity index (χ1v) is 6.66. The molecule has 1 fully saturated rings. The van der Waals surface area contributed by atoms with Gasteiger partial charge >= 0.3 is 0 Å². The Bertz CT molecular complexity index is 601. The van der Waals surface area contributed by atoms with Crippen molar-refractivity contribution in [2.75, 3.05) is 19.6 Å². The number of aromatic amines is 1. The van der Waals surface area contributed by atoms with E-state index in [-0.39, 0.29) is 11.8 Å². The number of imidazole rings is 1. The van der Waals surface area contributed by atoms with E-state index in [2.05, 4.69) is 32.7 Å². The van der Waals surface area contributed by atoms with Crippen molar-refractivity contribution >= 4 is 16.9 Å². The number of fused-ring (bicyclic) bond motifs is 1. The molecule has 1 amide bonds. The van der Waals surface area contributed by atoms with Gasteiger partial charge in [0.05, 0.1) is 17.0 Å². The van der Waals surface area contributed by atoms with Crippen molar-refractivity contribution in [1.82, 2.24) is 20.6 Å². The van der Waals surface area contributed by atoms with Crippen molar-refractivity contribution in [1.29, 1.82) is 0 Å². The number of carbonyl (C=O) groups excluding carboxylic acids is 1. The summed E-state index contributed by atoms with van der Waals surface area (Å²) in [5.41, 5.74) is 3.26. The highest BCUT2D eigenvalue weighted by atomic mass is 16.2. The first-order chi connectivity index (χ1) is 9.22. The van der Waals surface area contributed by atoms with E-state index in [1.165, 1.54) is 5.56 Å². The molecule has 100 valence electrons. The number of hydrogen-bond acceptors (Lipinski definition) is 3. The minimum Gasteiger partial charge on any atom is -0.355 e. The number of amides is 1. The van der Waals surface area contributed by atoms with Crippen LogP contribution in [0.5, 0.6) is 0 Å². The molecule has 0 atom stereocenters. The van der Waals surface area contributed by atoms with Gasteiger partial charge in [0.2, 0.25) is 5.91 Å². The molecular formula is C14H18N4O. The van der Waals surface area contributed by atoms with Crippen molar-refractivity contribution in [2.45, 2.75) is 13.3 Å². The van der Waals surface area contributed by atoms with Crippen LogP contribution in [0.1, 0.15) is 11.4 Å². The number of rotatable bonds is 4. The van der Waals surface area contributed by atoms with E-state index in [0.717, 1.165) is 36.4 Å². The summed E-state index contributed by atoms with van der Waals surface area (Å²) in [5.74, 6) is 1.26. The van der Waals surface area contributed by atoms with Gasteiger partial charge in [-0.05, 0) is 31.0 Å². The molecule has 0 radical (unpaired) electrons. The zero-order valence-corrected chi connectivity index (χ0v) is 11.0. The number of aromatic nitrogens is 2. The lowest BCUT2D eigenvalue weighted by Crippen LogP contribution is -2.51. The van der Waals surface area contributed by atoms with Crippen LogP contribution in [0.4, 0.5) is 0 Å². The van der Waals surface area contributed by atoms with Crippen LogP contribution in [-0.4, -0.2) is 35.5 Å². The highest BCUT2D eigenvalue weighted by Crippen LogP contribution is 2.13. The average Bonchev–Trinajstić information content (AvgIpc) is 2.66. The van der Waals surface area contributed by atoms with E-state index in [1.807, 2.05) is 13.0 Å². The van der Waals surface area contributed by atoms with Gasteiger partial charge in [0.15, 0.2) is 0 Å². The Labute approximate surface area is 111 Å². The summed E-state index contributed by atoms with van der Waals surface area (Å²) in [6, 6.07) is 6.19. The number of nitrogens with zero attached hydrogens (tertiary/aromatic N) is 1. The third-order valence-electron chi connectivity index (χ3n) is 3.53. The third kappa shape index (κ3) is 2.61. The summed E-state index contributed by atoms with van der Waals surface area (Å²) in [5, 5.41) is 6.08. The molecule has 19 heavy (non-hydrogen) atoms. The van der Waals surface area contributed by atoms with E-state index >= 15 is 0 Å². The van der Waals surface area contributed by atoms with Gasteiger partial charge < -0.3 is 15.6 Å². The molecule has 1 aromatic carbocycles. The van der Waals surface area contributed by atoms with Crippen LogP contribution in [0.3, 0.4) is 0 Å². The summed E-state index contributed by atoms with van der Waals surface area (Å²) in [7, 11) is 0. The summed E-state index contributed by atoms with van der Waals surface area (Å²) < 4.78 is 0. The zero-order valence-electron chi connectivity index (χ0n) is 11.0. The molecule has 1 saturated heterocycles. The van der Waals surface area contributed by atoms with Crippen LogP contribution in [0.2, 0.25) is 0 Å². The molecule has 0 unspecified atom stereocenters. The molecule has 2 aromatic rings. The molecule has 0 saturated carbocycles. The number of aryl methyl sites for hydroxylation is 1.